The highest BCUT2D eigenvalue weighted by Gasteiger charge is 2.16. The van der Waals surface area contributed by atoms with Crippen LogP contribution in [0.25, 0.3) is 0 Å². The minimum Gasteiger partial charge on any atom is -0.179 e. The third-order valence-electron chi connectivity index (χ3n) is 1.82. The Balaban J connectivity index is 4.02. The van der Waals surface area contributed by atoms with E-state index in [1.165, 1.54) is 0 Å². The van der Waals surface area contributed by atoms with Crippen LogP contribution in [0.3, 0.4) is 0 Å². The molecule has 0 aromatic rings. The van der Waals surface area contributed by atoms with Gasteiger partial charge in [0.1, 0.15) is 0 Å². The summed E-state index contributed by atoms with van der Waals surface area (Å²) in [4.78, 5) is 0. The van der Waals surface area contributed by atoms with Crippen LogP contribution < -0.4 is 0 Å². The summed E-state index contributed by atoms with van der Waals surface area (Å²) in [5.74, 6) is 6.08. The van der Waals surface area contributed by atoms with Crippen molar-refractivity contribution in [2.75, 3.05) is 34.5 Å². The fraction of sp³-hybridized carbons (Fsp3) is 1.00. The summed E-state index contributed by atoms with van der Waals surface area (Å²) in [6, 6.07) is 0. The van der Waals surface area contributed by atoms with Crippen molar-refractivity contribution in [2.45, 2.75) is 22.0 Å². The maximum atomic E-state index is 4.35. The summed E-state index contributed by atoms with van der Waals surface area (Å²) in [5.41, 5.74) is 0. The van der Waals surface area contributed by atoms with Crippen LogP contribution in [-0.4, -0.2) is 43.7 Å². The van der Waals surface area contributed by atoms with Gasteiger partial charge in [0.2, 0.25) is 0 Å². The number of thioether (sulfide) groups is 3. The first-order valence-corrected chi connectivity index (χ1v) is 11.2. The fourth-order valence-corrected chi connectivity index (χ4v) is 7.35. The van der Waals surface area contributed by atoms with Crippen LogP contribution in [0.5, 0.6) is 0 Å². The van der Waals surface area contributed by atoms with Gasteiger partial charge in [-0.25, -0.2) is 0 Å². The molecule has 0 aliphatic rings. The van der Waals surface area contributed by atoms with Gasteiger partial charge < -0.3 is 0 Å². The van der Waals surface area contributed by atoms with Crippen LogP contribution in [0.4, 0.5) is 0 Å². The highest BCUT2D eigenvalue weighted by atomic mass is 32.2. The van der Waals surface area contributed by atoms with E-state index in [9.17, 15) is 0 Å². The van der Waals surface area contributed by atoms with E-state index in [0.717, 1.165) is 47.4 Å². The maximum Gasteiger partial charge on any atom is 0.0521 e. The zero-order valence-corrected chi connectivity index (χ0v) is 15.9. The van der Waals surface area contributed by atoms with E-state index < -0.39 is 0 Å². The normalized spacial score (nSPS) is 14.8. The van der Waals surface area contributed by atoms with E-state index in [2.05, 4.69) is 62.3 Å². The van der Waals surface area contributed by atoms with Crippen molar-refractivity contribution in [1.29, 1.82) is 0 Å². The second-order valence-corrected chi connectivity index (χ2v) is 9.63. The summed E-state index contributed by atoms with van der Waals surface area (Å²) in [7, 11) is 0. The topological polar surface area (TPSA) is 0 Å². The van der Waals surface area contributed by atoms with E-state index in [1.54, 1.807) is 0 Å². The van der Waals surface area contributed by atoms with Gasteiger partial charge in [-0.05, 0) is 35.9 Å². The van der Waals surface area contributed by atoms with Crippen LogP contribution in [0.2, 0.25) is 0 Å². The molecule has 0 N–H and O–H groups in total. The molecule has 0 bridgehead atoms. The van der Waals surface area contributed by atoms with E-state index >= 15 is 0 Å². The van der Waals surface area contributed by atoms with Gasteiger partial charge in [0, 0.05) is 11.5 Å². The Bertz CT molecular complexity index is 140. The van der Waals surface area contributed by atoms with Crippen LogP contribution in [-0.2, 0) is 0 Å². The molecule has 7 heteroatoms. The molecule has 0 saturated heterocycles. The Morgan fingerprint density at radius 2 is 1.06 bits per heavy atom. The molecule has 0 saturated carbocycles. The minimum absolute atomic E-state index is 0.650. The van der Waals surface area contributed by atoms with Crippen molar-refractivity contribution in [1.82, 2.24) is 0 Å². The van der Waals surface area contributed by atoms with Gasteiger partial charge in [-0.15, -0.1) is 35.3 Å². The van der Waals surface area contributed by atoms with Gasteiger partial charge in [0.05, 0.1) is 9.16 Å². The molecule has 0 spiro atoms. The van der Waals surface area contributed by atoms with Gasteiger partial charge in [-0.3, -0.25) is 0 Å². The predicted molar refractivity (Wildman–Crippen MR) is 105 cm³/mol. The Morgan fingerprint density at radius 3 is 1.35 bits per heavy atom. The number of thiol groups is 4. The fourth-order valence-electron chi connectivity index (χ4n) is 1.13. The molecule has 0 heterocycles. The largest absolute Gasteiger partial charge is 0.179 e. The average molecular weight is 367 g/mol. The first-order chi connectivity index (χ1) is 8.28. The summed E-state index contributed by atoms with van der Waals surface area (Å²) < 4.78 is 1.30. The third kappa shape index (κ3) is 11.9. The first-order valence-electron chi connectivity index (χ1n) is 5.60. The molecule has 0 aromatic heterocycles. The van der Waals surface area contributed by atoms with Crippen molar-refractivity contribution < 1.29 is 0 Å². The van der Waals surface area contributed by atoms with Gasteiger partial charge in [-0.2, -0.15) is 50.5 Å². The molecule has 0 aliphatic carbocycles. The summed E-state index contributed by atoms with van der Waals surface area (Å²) in [5, 5.41) is 0. The van der Waals surface area contributed by atoms with E-state index in [-0.39, 0.29) is 0 Å². The average Bonchev–Trinajstić information content (AvgIpc) is 2.33. The monoisotopic (exact) mass is 366 g/mol. The number of hydrogen-bond donors (Lipinski definition) is 4. The molecule has 0 radical (unpaired) electrons. The summed E-state index contributed by atoms with van der Waals surface area (Å²) >= 11 is 23.4. The lowest BCUT2D eigenvalue weighted by Crippen LogP contribution is -2.09. The van der Waals surface area contributed by atoms with Crippen molar-refractivity contribution in [3.63, 3.8) is 0 Å². The lowest BCUT2D eigenvalue weighted by molar-refractivity contribution is 1.04. The molecule has 0 amide bonds. The molecule has 0 aromatic carbocycles. The van der Waals surface area contributed by atoms with Crippen molar-refractivity contribution in [3.05, 3.63) is 0 Å². The van der Waals surface area contributed by atoms with Gasteiger partial charge in [0.25, 0.3) is 0 Å². The molecule has 104 valence electrons. The Morgan fingerprint density at radius 1 is 0.647 bits per heavy atom. The lowest BCUT2D eigenvalue weighted by Gasteiger charge is -2.21. The first kappa shape index (κ1) is 19.4. The van der Waals surface area contributed by atoms with Crippen molar-refractivity contribution in [2.24, 2.45) is 0 Å². The zero-order chi connectivity index (χ0) is 12.9. The Labute approximate surface area is 141 Å². The number of hydrogen-bond acceptors (Lipinski definition) is 7. The minimum atomic E-state index is 0.650. The summed E-state index contributed by atoms with van der Waals surface area (Å²) in [6.07, 6.45) is 2.33. The maximum absolute atomic E-state index is 4.35. The number of rotatable bonds is 12. The van der Waals surface area contributed by atoms with Crippen LogP contribution in [0.15, 0.2) is 0 Å². The van der Waals surface area contributed by atoms with Crippen LogP contribution >= 0.6 is 85.8 Å². The van der Waals surface area contributed by atoms with Gasteiger partial charge in [-0.1, -0.05) is 0 Å². The van der Waals surface area contributed by atoms with E-state index in [1.807, 2.05) is 23.5 Å². The molecule has 2 atom stereocenters. The molecule has 0 rings (SSSR count). The van der Waals surface area contributed by atoms with Gasteiger partial charge in [0.15, 0.2) is 0 Å². The Kier molecular flexibility index (Phi) is 17.0. The van der Waals surface area contributed by atoms with E-state index in [0.29, 0.717) is 9.16 Å². The highest BCUT2D eigenvalue weighted by molar-refractivity contribution is 8.24. The SMILES string of the molecule is SCCSC(CCS)SC(CCS)SCCS. The standard InChI is InChI=1S/C10H22S7/c11-3-1-9(15-7-5-13)17-10(2-4-12)16-8-6-14/h9-14H,1-8H2. The molecular formula is C10H22S7. The third-order valence-corrected chi connectivity index (χ3v) is 8.05. The predicted octanol–water partition coefficient (Wildman–Crippen LogP) is 4.34. The molecule has 0 aliphatic heterocycles. The quantitative estimate of drug-likeness (QED) is 0.300. The zero-order valence-electron chi connectivity index (χ0n) is 9.83. The second-order valence-electron chi connectivity index (χ2n) is 3.21. The van der Waals surface area contributed by atoms with Gasteiger partial charge >= 0.3 is 0 Å². The van der Waals surface area contributed by atoms with Crippen molar-refractivity contribution >= 4 is 85.8 Å². The van der Waals surface area contributed by atoms with E-state index in [4.69, 9.17) is 0 Å². The second kappa shape index (κ2) is 14.9. The summed E-state index contributed by atoms with van der Waals surface area (Å²) in [6.45, 7) is 0. The molecule has 2 unspecified atom stereocenters. The molecule has 0 fully saturated rings. The Hall–Kier alpha value is 2.45. The highest BCUT2D eigenvalue weighted by Crippen LogP contribution is 2.37. The van der Waals surface area contributed by atoms with Crippen LogP contribution in [0.1, 0.15) is 12.8 Å². The molecule has 0 nitrogen and oxygen atoms in total. The molecular weight excluding hydrogens is 345 g/mol. The molecule has 17 heavy (non-hydrogen) atoms. The lowest BCUT2D eigenvalue weighted by atomic mass is 10.5. The van der Waals surface area contributed by atoms with Crippen LogP contribution in [0, 0.1) is 0 Å². The van der Waals surface area contributed by atoms with Crippen molar-refractivity contribution in [3.8, 4) is 0 Å². The smallest absolute Gasteiger partial charge is 0.0521 e.